The van der Waals surface area contributed by atoms with Crippen LogP contribution in [0.2, 0.25) is 0 Å². The van der Waals surface area contributed by atoms with E-state index >= 15 is 0 Å². The molecular weight excluding hydrogens is 244 g/mol. The van der Waals surface area contributed by atoms with Crippen molar-refractivity contribution in [3.05, 3.63) is 17.3 Å². The fraction of sp³-hybridized carbons (Fsp3) is 0.714. The summed E-state index contributed by atoms with van der Waals surface area (Å²) in [5.41, 5.74) is 0.825. The van der Waals surface area contributed by atoms with Crippen molar-refractivity contribution in [3.63, 3.8) is 0 Å². The van der Waals surface area contributed by atoms with Gasteiger partial charge in [-0.25, -0.2) is 4.98 Å². The third-order valence-electron chi connectivity index (χ3n) is 3.40. The van der Waals surface area contributed by atoms with Gasteiger partial charge in [-0.3, -0.25) is 9.69 Å². The summed E-state index contributed by atoms with van der Waals surface area (Å²) in [4.78, 5) is 17.5. The second-order valence-electron chi connectivity index (χ2n) is 5.51. The highest BCUT2D eigenvalue weighted by Crippen LogP contribution is 2.26. The Morgan fingerprint density at radius 1 is 1.37 bits per heavy atom. The van der Waals surface area contributed by atoms with Crippen LogP contribution in [-0.4, -0.2) is 34.0 Å². The Morgan fingerprint density at radius 2 is 1.95 bits per heavy atom. The number of aryl methyl sites for hydroxylation is 2. The minimum atomic E-state index is -0.794. The molecule has 0 saturated heterocycles. The van der Waals surface area contributed by atoms with Crippen molar-refractivity contribution < 1.29 is 14.3 Å². The number of hydrogen-bond acceptors (Lipinski definition) is 4. The molecule has 19 heavy (non-hydrogen) atoms. The Kier molecular flexibility index (Phi) is 5.11. The van der Waals surface area contributed by atoms with Crippen molar-refractivity contribution in [1.82, 2.24) is 9.88 Å². The molecule has 0 fully saturated rings. The summed E-state index contributed by atoms with van der Waals surface area (Å²) in [5.74, 6) is 0.892. The summed E-state index contributed by atoms with van der Waals surface area (Å²) in [6, 6.07) is -0.624. The van der Waals surface area contributed by atoms with Crippen LogP contribution in [0.25, 0.3) is 0 Å². The molecule has 0 saturated carbocycles. The molecule has 1 rings (SSSR count). The van der Waals surface area contributed by atoms with Crippen molar-refractivity contribution in [2.24, 2.45) is 5.92 Å². The molecular formula is C14H24N2O3. The van der Waals surface area contributed by atoms with E-state index in [1.165, 1.54) is 0 Å². The Bertz CT molecular complexity index is 440. The first kappa shape index (κ1) is 15.7. The van der Waals surface area contributed by atoms with E-state index in [-0.39, 0.29) is 6.04 Å². The predicted octanol–water partition coefficient (Wildman–Crippen LogP) is 2.78. The second kappa shape index (κ2) is 6.19. The third kappa shape index (κ3) is 3.80. The molecule has 0 bridgehead atoms. The van der Waals surface area contributed by atoms with Crippen molar-refractivity contribution in [2.45, 2.75) is 53.1 Å². The van der Waals surface area contributed by atoms with Gasteiger partial charge in [0.2, 0.25) is 0 Å². The van der Waals surface area contributed by atoms with Crippen LogP contribution < -0.4 is 0 Å². The van der Waals surface area contributed by atoms with Crippen LogP contribution in [0.3, 0.4) is 0 Å². The van der Waals surface area contributed by atoms with Gasteiger partial charge in [0.15, 0.2) is 5.89 Å². The largest absolute Gasteiger partial charge is 0.480 e. The van der Waals surface area contributed by atoms with Gasteiger partial charge in [0.1, 0.15) is 11.8 Å². The topological polar surface area (TPSA) is 66.6 Å². The first-order valence-corrected chi connectivity index (χ1v) is 6.62. The van der Waals surface area contributed by atoms with Gasteiger partial charge in [-0.2, -0.15) is 0 Å². The summed E-state index contributed by atoms with van der Waals surface area (Å²) in [6.45, 7) is 9.68. The molecule has 5 nitrogen and oxygen atoms in total. The molecule has 1 aromatic rings. The highest BCUT2D eigenvalue weighted by atomic mass is 16.4. The second-order valence-corrected chi connectivity index (χ2v) is 5.51. The Hall–Kier alpha value is -1.36. The SMILES string of the molecule is Cc1nc(C)c(C(C)N(C)C(CC(C)C)C(=O)O)o1. The third-order valence-corrected chi connectivity index (χ3v) is 3.40. The Morgan fingerprint density at radius 3 is 2.32 bits per heavy atom. The number of oxazole rings is 1. The number of aromatic nitrogens is 1. The number of hydrogen-bond donors (Lipinski definition) is 1. The molecule has 0 aliphatic carbocycles. The standard InChI is InChI=1S/C14H24N2O3/c1-8(2)7-12(14(17)18)16(6)10(4)13-9(3)15-11(5)19-13/h8,10,12H,7H2,1-6H3,(H,17,18). The van der Waals surface area contributed by atoms with Crippen molar-refractivity contribution in [1.29, 1.82) is 0 Å². The van der Waals surface area contributed by atoms with Gasteiger partial charge in [-0.1, -0.05) is 13.8 Å². The predicted molar refractivity (Wildman–Crippen MR) is 73.0 cm³/mol. The Balaban J connectivity index is 2.93. The van der Waals surface area contributed by atoms with Crippen LogP contribution >= 0.6 is 0 Å². The summed E-state index contributed by atoms with van der Waals surface area (Å²) in [5, 5.41) is 9.37. The van der Waals surface area contributed by atoms with Gasteiger partial charge in [0, 0.05) is 6.92 Å². The fourth-order valence-corrected chi connectivity index (χ4v) is 2.28. The van der Waals surface area contributed by atoms with Crippen LogP contribution in [0.1, 0.15) is 50.6 Å². The summed E-state index contributed by atoms with van der Waals surface area (Å²) < 4.78 is 5.59. The van der Waals surface area contributed by atoms with Gasteiger partial charge in [0.05, 0.1) is 11.7 Å². The van der Waals surface area contributed by atoms with Crippen LogP contribution in [0.5, 0.6) is 0 Å². The molecule has 2 atom stereocenters. The molecule has 5 heteroatoms. The molecule has 0 radical (unpaired) electrons. The van der Waals surface area contributed by atoms with E-state index in [0.29, 0.717) is 18.2 Å². The average molecular weight is 268 g/mol. The lowest BCUT2D eigenvalue weighted by atomic mass is 10.0. The summed E-state index contributed by atoms with van der Waals surface area (Å²) >= 11 is 0. The van der Waals surface area contributed by atoms with Gasteiger partial charge >= 0.3 is 5.97 Å². The van der Waals surface area contributed by atoms with E-state index in [4.69, 9.17) is 4.42 Å². The van der Waals surface area contributed by atoms with Gasteiger partial charge < -0.3 is 9.52 Å². The molecule has 1 N–H and O–H groups in total. The lowest BCUT2D eigenvalue weighted by Gasteiger charge is -2.30. The van der Waals surface area contributed by atoms with Crippen molar-refractivity contribution in [3.8, 4) is 0 Å². The fourth-order valence-electron chi connectivity index (χ4n) is 2.28. The van der Waals surface area contributed by atoms with Crippen molar-refractivity contribution in [2.75, 3.05) is 7.05 Å². The van der Waals surface area contributed by atoms with Crippen LogP contribution in [0.15, 0.2) is 4.42 Å². The quantitative estimate of drug-likeness (QED) is 0.859. The summed E-state index contributed by atoms with van der Waals surface area (Å²) in [6.07, 6.45) is 0.613. The monoisotopic (exact) mass is 268 g/mol. The molecule has 0 aromatic carbocycles. The zero-order chi connectivity index (χ0) is 14.7. The zero-order valence-electron chi connectivity index (χ0n) is 12.6. The lowest BCUT2D eigenvalue weighted by Crippen LogP contribution is -2.41. The zero-order valence-corrected chi connectivity index (χ0v) is 12.6. The van der Waals surface area contributed by atoms with E-state index in [1.807, 2.05) is 39.6 Å². The molecule has 0 spiro atoms. The highest BCUT2D eigenvalue weighted by Gasteiger charge is 2.30. The number of aliphatic carboxylic acids is 1. The van der Waals surface area contributed by atoms with Gasteiger partial charge in [0.25, 0.3) is 0 Å². The first-order valence-electron chi connectivity index (χ1n) is 6.62. The first-order chi connectivity index (χ1) is 8.73. The molecule has 0 aliphatic heterocycles. The molecule has 108 valence electrons. The number of carbonyl (C=O) groups is 1. The molecule has 0 aliphatic rings. The van der Waals surface area contributed by atoms with E-state index in [0.717, 1.165) is 11.5 Å². The van der Waals surface area contributed by atoms with Crippen LogP contribution in [-0.2, 0) is 4.79 Å². The average Bonchev–Trinajstić information content (AvgIpc) is 2.63. The normalized spacial score (nSPS) is 14.9. The maximum Gasteiger partial charge on any atom is 0.320 e. The molecule has 1 aromatic heterocycles. The lowest BCUT2D eigenvalue weighted by molar-refractivity contribution is -0.144. The number of carboxylic acid groups (broad SMARTS) is 1. The molecule has 0 amide bonds. The van der Waals surface area contributed by atoms with E-state index in [9.17, 15) is 9.90 Å². The Labute approximate surface area is 114 Å². The van der Waals surface area contributed by atoms with Crippen molar-refractivity contribution >= 4 is 5.97 Å². The number of nitrogens with zero attached hydrogens (tertiary/aromatic N) is 2. The molecule has 1 heterocycles. The number of carboxylic acids is 1. The molecule has 2 unspecified atom stereocenters. The van der Waals surface area contributed by atoms with Crippen LogP contribution in [0.4, 0.5) is 0 Å². The maximum atomic E-state index is 11.4. The number of rotatable bonds is 6. The van der Waals surface area contributed by atoms with Crippen LogP contribution in [0, 0.1) is 19.8 Å². The summed E-state index contributed by atoms with van der Waals surface area (Å²) in [7, 11) is 1.82. The van der Waals surface area contributed by atoms with Gasteiger partial charge in [-0.05, 0) is 33.2 Å². The highest BCUT2D eigenvalue weighted by molar-refractivity contribution is 5.73. The smallest absolute Gasteiger partial charge is 0.320 e. The maximum absolute atomic E-state index is 11.4. The van der Waals surface area contributed by atoms with Gasteiger partial charge in [-0.15, -0.1) is 0 Å². The number of likely N-dealkylation sites (N-methyl/N-ethyl adjacent to an activating group) is 1. The minimum Gasteiger partial charge on any atom is -0.480 e. The van der Waals surface area contributed by atoms with E-state index < -0.39 is 12.0 Å². The van der Waals surface area contributed by atoms with E-state index in [2.05, 4.69) is 4.98 Å². The van der Waals surface area contributed by atoms with E-state index in [1.54, 1.807) is 6.92 Å². The minimum absolute atomic E-state index is 0.110.